The second-order valence-corrected chi connectivity index (χ2v) is 7.16. The molecule has 0 radical (unpaired) electrons. The van der Waals surface area contributed by atoms with E-state index in [0.717, 1.165) is 53.8 Å². The van der Waals surface area contributed by atoms with E-state index in [-0.39, 0.29) is 6.04 Å². The van der Waals surface area contributed by atoms with Gasteiger partial charge in [0.2, 0.25) is 5.89 Å². The number of nitrogens with one attached hydrogen (secondary N) is 1. The number of piperazine rings is 1. The molecule has 8 nitrogen and oxygen atoms in total. The lowest BCUT2D eigenvalue weighted by Crippen LogP contribution is -2.44. The minimum Gasteiger partial charge on any atom is -0.489 e. The van der Waals surface area contributed by atoms with Gasteiger partial charge in [0.15, 0.2) is 5.82 Å². The Bertz CT molecular complexity index is 899. The number of benzene rings is 1. The van der Waals surface area contributed by atoms with Crippen molar-refractivity contribution in [3.05, 3.63) is 58.6 Å². The fourth-order valence-electron chi connectivity index (χ4n) is 3.31. The van der Waals surface area contributed by atoms with Crippen molar-refractivity contribution in [1.82, 2.24) is 25.5 Å². The first-order valence-electron chi connectivity index (χ1n) is 9.47. The largest absolute Gasteiger partial charge is 0.489 e. The summed E-state index contributed by atoms with van der Waals surface area (Å²) in [6, 6.07) is 8.08. The highest BCUT2D eigenvalue weighted by Crippen LogP contribution is 2.21. The minimum atomic E-state index is 0.159. The highest BCUT2D eigenvalue weighted by atomic mass is 16.5. The molecule has 4 rings (SSSR count). The first kappa shape index (κ1) is 18.6. The number of aromatic nitrogens is 3. The molecule has 1 saturated heterocycles. The van der Waals surface area contributed by atoms with Crippen molar-refractivity contribution in [1.29, 1.82) is 0 Å². The predicted molar refractivity (Wildman–Crippen MR) is 102 cm³/mol. The van der Waals surface area contributed by atoms with Gasteiger partial charge in [0.05, 0.1) is 23.7 Å². The van der Waals surface area contributed by atoms with Crippen LogP contribution < -0.4 is 10.1 Å². The molecule has 1 aliphatic heterocycles. The molecular formula is C20H25N5O3. The fraction of sp³-hybridized carbons (Fsp3) is 0.450. The molecule has 2 aromatic heterocycles. The van der Waals surface area contributed by atoms with E-state index in [2.05, 4.69) is 32.6 Å². The second-order valence-electron chi connectivity index (χ2n) is 7.16. The molecule has 28 heavy (non-hydrogen) atoms. The minimum absolute atomic E-state index is 0.159. The Morgan fingerprint density at radius 2 is 2.00 bits per heavy atom. The fourth-order valence-corrected chi connectivity index (χ4v) is 3.31. The number of aryl methyl sites for hydroxylation is 2. The molecule has 8 heteroatoms. The maximum atomic E-state index is 5.85. The van der Waals surface area contributed by atoms with E-state index in [1.807, 2.05) is 38.1 Å². The molecule has 1 aromatic carbocycles. The molecule has 1 fully saturated rings. The number of rotatable bonds is 6. The summed E-state index contributed by atoms with van der Waals surface area (Å²) in [5, 5.41) is 11.5. The smallest absolute Gasteiger partial charge is 0.231 e. The van der Waals surface area contributed by atoms with E-state index < -0.39 is 0 Å². The highest BCUT2D eigenvalue weighted by molar-refractivity contribution is 5.29. The molecule has 3 aromatic rings. The molecule has 1 atom stereocenters. The predicted octanol–water partition coefficient (Wildman–Crippen LogP) is 2.42. The van der Waals surface area contributed by atoms with Crippen LogP contribution in [0.2, 0.25) is 0 Å². The average molecular weight is 383 g/mol. The zero-order valence-electron chi connectivity index (χ0n) is 16.4. The normalized spacial score (nSPS) is 17.8. The van der Waals surface area contributed by atoms with Gasteiger partial charge in [-0.1, -0.05) is 22.4 Å². The first-order valence-corrected chi connectivity index (χ1v) is 9.47. The maximum absolute atomic E-state index is 5.85. The van der Waals surface area contributed by atoms with Gasteiger partial charge < -0.3 is 19.1 Å². The third kappa shape index (κ3) is 4.07. The summed E-state index contributed by atoms with van der Waals surface area (Å²) in [4.78, 5) is 6.83. The van der Waals surface area contributed by atoms with Crippen LogP contribution in [0.1, 0.15) is 40.3 Å². The van der Waals surface area contributed by atoms with E-state index in [9.17, 15) is 0 Å². The number of ether oxygens (including phenoxy) is 1. The van der Waals surface area contributed by atoms with Crippen molar-refractivity contribution in [3.63, 3.8) is 0 Å². The highest BCUT2D eigenvalue weighted by Gasteiger charge is 2.25. The van der Waals surface area contributed by atoms with Gasteiger partial charge in [0.1, 0.15) is 18.1 Å². The molecule has 0 bridgehead atoms. The quantitative estimate of drug-likeness (QED) is 0.694. The maximum Gasteiger partial charge on any atom is 0.231 e. The lowest BCUT2D eigenvalue weighted by molar-refractivity contribution is 0.190. The Morgan fingerprint density at radius 1 is 1.18 bits per heavy atom. The van der Waals surface area contributed by atoms with Crippen molar-refractivity contribution < 1.29 is 13.8 Å². The SMILES string of the molecule is Cc1noc(C)c1COc1ccc(Cc2nc(C3CNCCN3C)no2)cc1. The number of nitrogens with zero attached hydrogens (tertiary/aromatic N) is 4. The van der Waals surface area contributed by atoms with Gasteiger partial charge in [0, 0.05) is 19.6 Å². The zero-order valence-corrected chi connectivity index (χ0v) is 16.4. The second kappa shape index (κ2) is 8.12. The van der Waals surface area contributed by atoms with Crippen molar-refractivity contribution in [2.45, 2.75) is 32.9 Å². The Kier molecular flexibility index (Phi) is 5.40. The van der Waals surface area contributed by atoms with Gasteiger partial charge in [-0.2, -0.15) is 4.98 Å². The van der Waals surface area contributed by atoms with E-state index in [4.69, 9.17) is 13.8 Å². The van der Waals surface area contributed by atoms with Gasteiger partial charge in [-0.25, -0.2) is 0 Å². The van der Waals surface area contributed by atoms with E-state index in [0.29, 0.717) is 18.9 Å². The van der Waals surface area contributed by atoms with E-state index >= 15 is 0 Å². The van der Waals surface area contributed by atoms with Gasteiger partial charge >= 0.3 is 0 Å². The van der Waals surface area contributed by atoms with Crippen molar-refractivity contribution >= 4 is 0 Å². The van der Waals surface area contributed by atoms with Crippen molar-refractivity contribution in [2.24, 2.45) is 0 Å². The lowest BCUT2D eigenvalue weighted by atomic mass is 10.1. The third-order valence-electron chi connectivity index (χ3n) is 5.14. The molecule has 0 aliphatic carbocycles. The van der Waals surface area contributed by atoms with Crippen LogP contribution in [0.25, 0.3) is 0 Å². The van der Waals surface area contributed by atoms with Gasteiger partial charge in [-0.15, -0.1) is 0 Å². The van der Waals surface area contributed by atoms with Gasteiger partial charge in [-0.3, -0.25) is 4.90 Å². The van der Waals surface area contributed by atoms with Gasteiger partial charge in [-0.05, 0) is 38.6 Å². The lowest BCUT2D eigenvalue weighted by Gasteiger charge is -2.30. The van der Waals surface area contributed by atoms with Crippen LogP contribution in [0.5, 0.6) is 5.75 Å². The first-order chi connectivity index (χ1) is 13.6. The summed E-state index contributed by atoms with van der Waals surface area (Å²) in [6.45, 7) is 7.05. The van der Waals surface area contributed by atoms with Crippen LogP contribution in [-0.2, 0) is 13.0 Å². The molecule has 0 saturated carbocycles. The third-order valence-corrected chi connectivity index (χ3v) is 5.14. The van der Waals surface area contributed by atoms with Crippen LogP contribution in [-0.4, -0.2) is 46.9 Å². The topological polar surface area (TPSA) is 89.5 Å². The van der Waals surface area contributed by atoms with Crippen molar-refractivity contribution in [3.8, 4) is 5.75 Å². The molecule has 0 amide bonds. The summed E-state index contributed by atoms with van der Waals surface area (Å²) in [7, 11) is 2.09. The van der Waals surface area contributed by atoms with Crippen LogP contribution in [0, 0.1) is 13.8 Å². The molecule has 3 heterocycles. The number of hydrogen-bond acceptors (Lipinski definition) is 8. The summed E-state index contributed by atoms with van der Waals surface area (Å²) >= 11 is 0. The molecule has 0 spiro atoms. The van der Waals surface area contributed by atoms with Crippen molar-refractivity contribution in [2.75, 3.05) is 26.7 Å². The summed E-state index contributed by atoms with van der Waals surface area (Å²) in [5.41, 5.74) is 2.94. The monoisotopic (exact) mass is 383 g/mol. The Balaban J connectivity index is 1.36. The molecule has 1 N–H and O–H groups in total. The molecule has 148 valence electrons. The van der Waals surface area contributed by atoms with Crippen LogP contribution in [0.3, 0.4) is 0 Å². The van der Waals surface area contributed by atoms with Gasteiger partial charge in [0.25, 0.3) is 0 Å². The Labute approximate surface area is 163 Å². The number of hydrogen-bond donors (Lipinski definition) is 1. The average Bonchev–Trinajstić information content (AvgIpc) is 3.28. The molecular weight excluding hydrogens is 358 g/mol. The zero-order chi connectivity index (χ0) is 19.5. The molecule has 1 unspecified atom stereocenters. The standard InChI is InChI=1S/C20H25N5O3/c1-13-17(14(2)27-23-13)12-26-16-6-4-15(5-7-16)10-19-22-20(24-28-19)18-11-21-8-9-25(18)3/h4-7,18,21H,8-12H2,1-3H3. The molecule has 1 aliphatic rings. The number of likely N-dealkylation sites (N-methyl/N-ethyl adjacent to an activating group) is 1. The van der Waals surface area contributed by atoms with Crippen LogP contribution in [0.4, 0.5) is 0 Å². The Morgan fingerprint density at radius 3 is 2.71 bits per heavy atom. The Hall–Kier alpha value is -2.71. The summed E-state index contributed by atoms with van der Waals surface area (Å²) in [5.74, 6) is 2.95. The van der Waals surface area contributed by atoms with Crippen LogP contribution >= 0.6 is 0 Å². The summed E-state index contributed by atoms with van der Waals surface area (Å²) < 4.78 is 16.5. The van der Waals surface area contributed by atoms with E-state index in [1.54, 1.807) is 0 Å². The van der Waals surface area contributed by atoms with Crippen LogP contribution in [0.15, 0.2) is 33.3 Å². The summed E-state index contributed by atoms with van der Waals surface area (Å²) in [6.07, 6.45) is 0.598. The van der Waals surface area contributed by atoms with E-state index in [1.165, 1.54) is 0 Å².